The minimum absolute atomic E-state index is 0.212. The molecular formula is C6H8N2O. The molecule has 0 aromatic carbocycles. The average molecular weight is 124 g/mol. The Morgan fingerprint density at radius 3 is 2.67 bits per heavy atom. The fourth-order valence-electron chi connectivity index (χ4n) is 0.360. The van der Waals surface area contributed by atoms with E-state index in [1.807, 2.05) is 0 Å². The number of likely N-dealkylation sites (N-methyl/N-ethyl adjacent to an activating group) is 1. The van der Waals surface area contributed by atoms with E-state index in [0.29, 0.717) is 5.57 Å². The van der Waals surface area contributed by atoms with Crippen molar-refractivity contribution in [2.75, 3.05) is 7.05 Å². The minimum atomic E-state index is -0.212. The first-order chi connectivity index (χ1) is 4.22. The van der Waals surface area contributed by atoms with Crippen molar-refractivity contribution in [3.8, 4) is 6.07 Å². The van der Waals surface area contributed by atoms with Gasteiger partial charge in [0.25, 0.3) is 0 Å². The molecule has 0 unspecified atom stereocenters. The predicted molar refractivity (Wildman–Crippen MR) is 33.4 cm³/mol. The van der Waals surface area contributed by atoms with Crippen molar-refractivity contribution in [1.29, 1.82) is 5.26 Å². The molecule has 0 rings (SSSR count). The van der Waals surface area contributed by atoms with Crippen molar-refractivity contribution < 1.29 is 4.79 Å². The summed E-state index contributed by atoms with van der Waals surface area (Å²) >= 11 is 0. The molecule has 1 N–H and O–H groups in total. The van der Waals surface area contributed by atoms with Crippen molar-refractivity contribution in [3.05, 3.63) is 11.6 Å². The van der Waals surface area contributed by atoms with Crippen LogP contribution in [-0.4, -0.2) is 13.0 Å². The van der Waals surface area contributed by atoms with Crippen LogP contribution in [0, 0.1) is 11.3 Å². The van der Waals surface area contributed by atoms with Crippen LogP contribution in [0.2, 0.25) is 0 Å². The van der Waals surface area contributed by atoms with Gasteiger partial charge in [0, 0.05) is 18.7 Å². The number of nitriles is 1. The first kappa shape index (κ1) is 7.70. The minimum Gasteiger partial charge on any atom is -0.355 e. The van der Waals surface area contributed by atoms with Gasteiger partial charge in [-0.15, -0.1) is 0 Å². The maximum absolute atomic E-state index is 10.6. The quantitative estimate of drug-likeness (QED) is 0.401. The zero-order valence-corrected chi connectivity index (χ0v) is 5.43. The number of amides is 1. The summed E-state index contributed by atoms with van der Waals surface area (Å²) in [4.78, 5) is 10.6. The highest BCUT2D eigenvalue weighted by Gasteiger charge is 1.97. The summed E-state index contributed by atoms with van der Waals surface area (Å²) in [5, 5.41) is 10.5. The van der Waals surface area contributed by atoms with E-state index in [-0.39, 0.29) is 5.91 Å². The van der Waals surface area contributed by atoms with E-state index in [4.69, 9.17) is 5.26 Å². The third kappa shape index (κ3) is 2.50. The largest absolute Gasteiger partial charge is 0.355 e. The van der Waals surface area contributed by atoms with Crippen LogP contribution in [0.4, 0.5) is 0 Å². The molecule has 0 fully saturated rings. The van der Waals surface area contributed by atoms with Crippen LogP contribution in [0.25, 0.3) is 0 Å². The molecule has 1 amide bonds. The Bertz CT molecular complexity index is 176. The zero-order chi connectivity index (χ0) is 7.28. The lowest BCUT2D eigenvalue weighted by Crippen LogP contribution is -2.18. The maximum atomic E-state index is 10.6. The summed E-state index contributed by atoms with van der Waals surface area (Å²) in [7, 11) is 1.52. The van der Waals surface area contributed by atoms with Crippen LogP contribution in [-0.2, 0) is 4.79 Å². The zero-order valence-electron chi connectivity index (χ0n) is 5.43. The van der Waals surface area contributed by atoms with E-state index in [1.54, 1.807) is 13.0 Å². The Labute approximate surface area is 54.0 Å². The van der Waals surface area contributed by atoms with Crippen LogP contribution < -0.4 is 5.32 Å². The highest BCUT2D eigenvalue weighted by Crippen LogP contribution is 1.88. The smallest absolute Gasteiger partial charge is 0.247 e. The van der Waals surface area contributed by atoms with Gasteiger partial charge < -0.3 is 5.32 Å². The first-order valence-electron chi connectivity index (χ1n) is 2.51. The lowest BCUT2D eigenvalue weighted by Gasteiger charge is -1.93. The van der Waals surface area contributed by atoms with Crippen LogP contribution in [0.3, 0.4) is 0 Å². The molecule has 0 saturated heterocycles. The van der Waals surface area contributed by atoms with Gasteiger partial charge in [-0.05, 0) is 6.92 Å². The number of nitrogens with one attached hydrogen (secondary N) is 1. The summed E-state index contributed by atoms with van der Waals surface area (Å²) < 4.78 is 0. The van der Waals surface area contributed by atoms with Crippen molar-refractivity contribution in [2.24, 2.45) is 0 Å². The van der Waals surface area contributed by atoms with Crippen molar-refractivity contribution in [3.63, 3.8) is 0 Å². The van der Waals surface area contributed by atoms with E-state index >= 15 is 0 Å². The lowest BCUT2D eigenvalue weighted by atomic mass is 10.3. The maximum Gasteiger partial charge on any atom is 0.247 e. The number of hydrogen-bond donors (Lipinski definition) is 1. The summed E-state index contributed by atoms with van der Waals surface area (Å²) in [6.07, 6.45) is 1.21. The summed E-state index contributed by atoms with van der Waals surface area (Å²) in [6.45, 7) is 1.59. The Morgan fingerprint density at radius 2 is 2.33 bits per heavy atom. The number of carbonyl (C=O) groups excluding carboxylic acids is 1. The van der Waals surface area contributed by atoms with Gasteiger partial charge in [-0.1, -0.05) is 0 Å². The van der Waals surface area contributed by atoms with Gasteiger partial charge in [-0.25, -0.2) is 0 Å². The molecule has 0 heterocycles. The Kier molecular flexibility index (Phi) is 3.14. The second-order valence-electron chi connectivity index (χ2n) is 1.54. The van der Waals surface area contributed by atoms with E-state index in [0.717, 1.165) is 0 Å². The highest BCUT2D eigenvalue weighted by atomic mass is 16.1. The van der Waals surface area contributed by atoms with Gasteiger partial charge >= 0.3 is 0 Å². The van der Waals surface area contributed by atoms with Gasteiger partial charge in [0.2, 0.25) is 5.91 Å². The van der Waals surface area contributed by atoms with Crippen LogP contribution >= 0.6 is 0 Å². The van der Waals surface area contributed by atoms with Gasteiger partial charge in [0.15, 0.2) is 0 Å². The molecule has 48 valence electrons. The van der Waals surface area contributed by atoms with Gasteiger partial charge in [-0.2, -0.15) is 5.26 Å². The topological polar surface area (TPSA) is 52.9 Å². The highest BCUT2D eigenvalue weighted by molar-refractivity contribution is 5.92. The first-order valence-corrected chi connectivity index (χ1v) is 2.51. The van der Waals surface area contributed by atoms with Crippen molar-refractivity contribution in [2.45, 2.75) is 6.92 Å². The molecule has 0 atom stereocenters. The standard InChI is InChI=1S/C6H8N2O/c1-5(3-4-7)6(9)8-2/h3H,1-2H3,(H,8,9)/b5-3-. The van der Waals surface area contributed by atoms with Crippen LogP contribution in [0.5, 0.6) is 0 Å². The van der Waals surface area contributed by atoms with E-state index < -0.39 is 0 Å². The molecule has 0 aromatic heterocycles. The molecule has 0 aromatic rings. The fourth-order valence-corrected chi connectivity index (χ4v) is 0.360. The monoisotopic (exact) mass is 124 g/mol. The molecule has 3 nitrogen and oxygen atoms in total. The summed E-state index contributed by atoms with van der Waals surface area (Å²) in [5.41, 5.74) is 0.431. The van der Waals surface area contributed by atoms with Gasteiger partial charge in [0.05, 0.1) is 6.07 Å². The number of carbonyl (C=O) groups is 1. The normalized spacial score (nSPS) is 10.1. The molecule has 0 aliphatic rings. The number of allylic oxidation sites excluding steroid dienone is 1. The van der Waals surface area contributed by atoms with E-state index in [1.165, 1.54) is 13.1 Å². The SMILES string of the molecule is CNC(=O)/C(C)=C\C#N. The average Bonchev–Trinajstić information content (AvgIpc) is 1.87. The predicted octanol–water partition coefficient (Wildman–Crippen LogP) is 0.202. The molecule has 0 saturated carbocycles. The third-order valence-corrected chi connectivity index (χ3v) is 0.866. The molecular weight excluding hydrogens is 116 g/mol. The van der Waals surface area contributed by atoms with Gasteiger partial charge in [0.1, 0.15) is 0 Å². The molecule has 0 spiro atoms. The van der Waals surface area contributed by atoms with Crippen LogP contribution in [0.15, 0.2) is 11.6 Å². The Balaban J connectivity index is 4.07. The van der Waals surface area contributed by atoms with E-state index in [9.17, 15) is 4.79 Å². The number of hydrogen-bond acceptors (Lipinski definition) is 2. The Morgan fingerprint density at radius 1 is 1.78 bits per heavy atom. The van der Waals surface area contributed by atoms with Gasteiger partial charge in [-0.3, -0.25) is 4.79 Å². The molecule has 0 aliphatic carbocycles. The van der Waals surface area contributed by atoms with Crippen molar-refractivity contribution in [1.82, 2.24) is 5.32 Å². The lowest BCUT2D eigenvalue weighted by molar-refractivity contribution is -0.116. The molecule has 9 heavy (non-hydrogen) atoms. The summed E-state index contributed by atoms with van der Waals surface area (Å²) in [6, 6.07) is 1.76. The second kappa shape index (κ2) is 3.67. The van der Waals surface area contributed by atoms with Crippen molar-refractivity contribution >= 4 is 5.91 Å². The molecule has 0 aliphatic heterocycles. The fraction of sp³-hybridized carbons (Fsp3) is 0.333. The third-order valence-electron chi connectivity index (χ3n) is 0.866. The molecule has 3 heteroatoms. The summed E-state index contributed by atoms with van der Waals surface area (Å²) in [5.74, 6) is -0.212. The van der Waals surface area contributed by atoms with E-state index in [2.05, 4.69) is 5.32 Å². The second-order valence-corrected chi connectivity index (χ2v) is 1.54. The molecule has 0 radical (unpaired) electrons. The Hall–Kier alpha value is -1.30. The van der Waals surface area contributed by atoms with Crippen LogP contribution in [0.1, 0.15) is 6.92 Å². The number of nitrogens with zero attached hydrogens (tertiary/aromatic N) is 1. The molecule has 0 bridgehead atoms. The number of rotatable bonds is 1.